The van der Waals surface area contributed by atoms with Crippen molar-refractivity contribution in [2.45, 2.75) is 45.1 Å². The highest BCUT2D eigenvalue weighted by atomic mass is 35.5. The van der Waals surface area contributed by atoms with Crippen LogP contribution in [0.1, 0.15) is 55.6 Å². The molecule has 0 aliphatic carbocycles. The molecule has 0 atom stereocenters. The van der Waals surface area contributed by atoms with E-state index in [1.807, 2.05) is 20.8 Å². The molecule has 0 bridgehead atoms. The predicted molar refractivity (Wildman–Crippen MR) is 111 cm³/mol. The van der Waals surface area contributed by atoms with Crippen molar-refractivity contribution >= 4 is 29.3 Å². The molecule has 2 aromatic rings. The lowest BCUT2D eigenvalue weighted by Gasteiger charge is -2.33. The van der Waals surface area contributed by atoms with Crippen molar-refractivity contribution in [1.29, 1.82) is 0 Å². The molecular formula is C21H24ClFN4O3. The number of hydrogen-bond donors (Lipinski definition) is 1. The van der Waals surface area contributed by atoms with Gasteiger partial charge in [-0.3, -0.25) is 9.78 Å². The van der Waals surface area contributed by atoms with Crippen molar-refractivity contribution in [2.24, 2.45) is 0 Å². The Morgan fingerprint density at radius 3 is 2.57 bits per heavy atom. The van der Waals surface area contributed by atoms with Crippen molar-refractivity contribution < 1.29 is 18.7 Å². The SMILES string of the molecule is CC(C)(C)OC(=O)N1CCC(c2ncc(F)cc2NC(=O)c2ccnc(Cl)c2)CC1. The second-order valence-corrected chi connectivity index (χ2v) is 8.54. The van der Waals surface area contributed by atoms with Gasteiger partial charge in [-0.2, -0.15) is 0 Å². The molecule has 1 aliphatic rings. The van der Waals surface area contributed by atoms with E-state index >= 15 is 0 Å². The number of piperidine rings is 1. The highest BCUT2D eigenvalue weighted by Gasteiger charge is 2.29. The summed E-state index contributed by atoms with van der Waals surface area (Å²) >= 11 is 5.84. The zero-order chi connectivity index (χ0) is 21.9. The third kappa shape index (κ3) is 5.66. The third-order valence-electron chi connectivity index (χ3n) is 4.66. The van der Waals surface area contributed by atoms with E-state index in [0.717, 1.165) is 6.20 Å². The summed E-state index contributed by atoms with van der Waals surface area (Å²) in [6.07, 6.45) is 3.46. The fourth-order valence-electron chi connectivity index (χ4n) is 3.28. The van der Waals surface area contributed by atoms with E-state index in [2.05, 4.69) is 15.3 Å². The number of aromatic nitrogens is 2. The average molecular weight is 435 g/mol. The molecule has 0 saturated carbocycles. The number of carbonyl (C=O) groups is 2. The Hall–Kier alpha value is -2.74. The number of hydrogen-bond acceptors (Lipinski definition) is 5. The zero-order valence-electron chi connectivity index (χ0n) is 17.1. The molecule has 2 amide bonds. The standard InChI is InChI=1S/C21H24ClFN4O3/c1-21(2,3)30-20(29)27-8-5-13(6-9-27)18-16(11-15(23)12-25-18)26-19(28)14-4-7-24-17(22)10-14/h4,7,10-13H,5-6,8-9H2,1-3H3,(H,26,28). The molecule has 1 saturated heterocycles. The highest BCUT2D eigenvalue weighted by molar-refractivity contribution is 6.29. The van der Waals surface area contributed by atoms with Crippen LogP contribution in [0.2, 0.25) is 5.15 Å². The van der Waals surface area contributed by atoms with Crippen LogP contribution >= 0.6 is 11.6 Å². The van der Waals surface area contributed by atoms with E-state index in [1.165, 1.54) is 24.4 Å². The largest absolute Gasteiger partial charge is 0.444 e. The predicted octanol–water partition coefficient (Wildman–Crippen LogP) is 4.64. The van der Waals surface area contributed by atoms with Crippen LogP contribution in [0, 0.1) is 5.82 Å². The zero-order valence-corrected chi connectivity index (χ0v) is 17.9. The molecular weight excluding hydrogens is 411 g/mol. The van der Waals surface area contributed by atoms with Gasteiger partial charge in [-0.25, -0.2) is 14.2 Å². The Balaban J connectivity index is 1.72. The summed E-state index contributed by atoms with van der Waals surface area (Å²) in [6.45, 7) is 6.46. The van der Waals surface area contributed by atoms with Crippen LogP contribution < -0.4 is 5.32 Å². The fourth-order valence-corrected chi connectivity index (χ4v) is 3.45. The first-order valence-corrected chi connectivity index (χ1v) is 10.1. The van der Waals surface area contributed by atoms with Gasteiger partial charge >= 0.3 is 6.09 Å². The Kier molecular flexibility index (Phi) is 6.55. The first kappa shape index (κ1) is 22.0. The van der Waals surface area contributed by atoms with Gasteiger partial charge in [0.2, 0.25) is 0 Å². The maximum absolute atomic E-state index is 13.8. The number of carbonyl (C=O) groups excluding carboxylic acids is 2. The fraction of sp³-hybridized carbons (Fsp3) is 0.429. The Labute approximate surface area is 179 Å². The number of likely N-dealkylation sites (tertiary alicyclic amines) is 1. The van der Waals surface area contributed by atoms with E-state index in [1.54, 1.807) is 4.90 Å². The van der Waals surface area contributed by atoms with E-state index < -0.39 is 17.3 Å². The van der Waals surface area contributed by atoms with Crippen LogP contribution in [0.4, 0.5) is 14.9 Å². The van der Waals surface area contributed by atoms with Crippen molar-refractivity contribution in [3.8, 4) is 0 Å². The van der Waals surface area contributed by atoms with Gasteiger partial charge in [0.25, 0.3) is 5.91 Å². The molecule has 1 fully saturated rings. The number of ether oxygens (including phenoxy) is 1. The summed E-state index contributed by atoms with van der Waals surface area (Å²) < 4.78 is 19.3. The van der Waals surface area contributed by atoms with Crippen molar-refractivity contribution in [1.82, 2.24) is 14.9 Å². The summed E-state index contributed by atoms with van der Waals surface area (Å²) in [6, 6.07) is 4.21. The Morgan fingerprint density at radius 2 is 1.93 bits per heavy atom. The van der Waals surface area contributed by atoms with Gasteiger partial charge in [0.05, 0.1) is 17.6 Å². The lowest BCUT2D eigenvalue weighted by molar-refractivity contribution is 0.0204. The van der Waals surface area contributed by atoms with Gasteiger partial charge in [0, 0.05) is 36.8 Å². The number of halogens is 2. The minimum absolute atomic E-state index is 0.0272. The quantitative estimate of drug-likeness (QED) is 0.711. The van der Waals surface area contributed by atoms with E-state index in [9.17, 15) is 14.0 Å². The minimum atomic E-state index is -0.556. The lowest BCUT2D eigenvalue weighted by atomic mass is 9.92. The van der Waals surface area contributed by atoms with Gasteiger partial charge < -0.3 is 15.0 Å². The van der Waals surface area contributed by atoms with Crippen molar-refractivity contribution in [3.05, 3.63) is 52.8 Å². The van der Waals surface area contributed by atoms with Crippen LogP contribution in [0.25, 0.3) is 0 Å². The summed E-state index contributed by atoms with van der Waals surface area (Å²) in [5.74, 6) is -1.01. The normalized spacial score (nSPS) is 15.0. The maximum atomic E-state index is 13.8. The summed E-state index contributed by atoms with van der Waals surface area (Å²) in [4.78, 5) is 34.6. The second-order valence-electron chi connectivity index (χ2n) is 8.15. The maximum Gasteiger partial charge on any atom is 0.410 e. The smallest absolute Gasteiger partial charge is 0.410 e. The van der Waals surface area contributed by atoms with Crippen LogP contribution in [-0.2, 0) is 4.74 Å². The molecule has 1 N–H and O–H groups in total. The van der Waals surface area contributed by atoms with E-state index in [-0.39, 0.29) is 17.2 Å². The molecule has 0 spiro atoms. The van der Waals surface area contributed by atoms with Crippen LogP contribution in [0.5, 0.6) is 0 Å². The molecule has 2 aromatic heterocycles. The van der Waals surface area contributed by atoms with Gasteiger partial charge in [0.1, 0.15) is 16.6 Å². The molecule has 160 valence electrons. The summed E-state index contributed by atoms with van der Waals surface area (Å²) in [5.41, 5.74) is 0.655. The molecule has 9 heteroatoms. The van der Waals surface area contributed by atoms with Crippen molar-refractivity contribution in [3.63, 3.8) is 0 Å². The van der Waals surface area contributed by atoms with Crippen LogP contribution in [0.3, 0.4) is 0 Å². The number of nitrogens with one attached hydrogen (secondary N) is 1. The third-order valence-corrected chi connectivity index (χ3v) is 4.86. The summed E-state index contributed by atoms with van der Waals surface area (Å²) in [7, 11) is 0. The van der Waals surface area contributed by atoms with Gasteiger partial charge in [-0.05, 0) is 45.7 Å². The van der Waals surface area contributed by atoms with Crippen molar-refractivity contribution in [2.75, 3.05) is 18.4 Å². The van der Waals surface area contributed by atoms with Gasteiger partial charge in [-0.1, -0.05) is 11.6 Å². The molecule has 3 rings (SSSR count). The molecule has 30 heavy (non-hydrogen) atoms. The van der Waals surface area contributed by atoms with Crippen LogP contribution in [0.15, 0.2) is 30.6 Å². The van der Waals surface area contributed by atoms with Crippen LogP contribution in [-0.4, -0.2) is 45.6 Å². The number of pyridine rings is 2. The minimum Gasteiger partial charge on any atom is -0.444 e. The van der Waals surface area contributed by atoms with Gasteiger partial charge in [0.15, 0.2) is 0 Å². The second kappa shape index (κ2) is 8.95. The lowest BCUT2D eigenvalue weighted by Crippen LogP contribution is -2.41. The Morgan fingerprint density at radius 1 is 1.23 bits per heavy atom. The molecule has 3 heterocycles. The van der Waals surface area contributed by atoms with Gasteiger partial charge in [-0.15, -0.1) is 0 Å². The topological polar surface area (TPSA) is 84.4 Å². The number of anilines is 1. The monoisotopic (exact) mass is 434 g/mol. The number of nitrogens with zero attached hydrogens (tertiary/aromatic N) is 3. The van der Waals surface area contributed by atoms with E-state index in [0.29, 0.717) is 42.9 Å². The molecule has 1 aliphatic heterocycles. The first-order valence-electron chi connectivity index (χ1n) is 9.68. The average Bonchev–Trinajstić information content (AvgIpc) is 2.67. The highest BCUT2D eigenvalue weighted by Crippen LogP contribution is 2.32. The Bertz CT molecular complexity index is 940. The summed E-state index contributed by atoms with van der Waals surface area (Å²) in [5, 5.41) is 2.91. The first-order chi connectivity index (χ1) is 14.1. The van der Waals surface area contributed by atoms with E-state index in [4.69, 9.17) is 16.3 Å². The molecule has 0 radical (unpaired) electrons. The molecule has 7 nitrogen and oxygen atoms in total. The number of amides is 2. The molecule has 0 unspecified atom stereocenters. The molecule has 0 aromatic carbocycles. The number of rotatable bonds is 3.